The number of hydrogen-bond acceptors (Lipinski definition) is 4. The summed E-state index contributed by atoms with van der Waals surface area (Å²) in [7, 11) is 0. The van der Waals surface area contributed by atoms with Crippen LogP contribution in [-0.2, 0) is 0 Å². The maximum Gasteiger partial charge on any atom is 0.311 e. The standard InChI is InChI=1S/C14H20N2O4/c1-4-10(5-2)9(3)15-14(18)11-7-6-8-12(13(11)17)16(19)20/h6-10,17H,4-5H2,1-3H3,(H,15,18). The normalized spacial score (nSPS) is 12.2. The van der Waals surface area contributed by atoms with Gasteiger partial charge in [0, 0.05) is 12.1 Å². The quantitative estimate of drug-likeness (QED) is 0.619. The highest BCUT2D eigenvalue weighted by Gasteiger charge is 2.23. The summed E-state index contributed by atoms with van der Waals surface area (Å²) in [5.41, 5.74) is -0.537. The zero-order valence-corrected chi connectivity index (χ0v) is 11.9. The lowest BCUT2D eigenvalue weighted by atomic mass is 9.95. The van der Waals surface area contributed by atoms with E-state index in [0.29, 0.717) is 5.92 Å². The van der Waals surface area contributed by atoms with Gasteiger partial charge in [0.1, 0.15) is 0 Å². The predicted octanol–water partition coefficient (Wildman–Crippen LogP) is 2.85. The topological polar surface area (TPSA) is 92.5 Å². The Morgan fingerprint density at radius 2 is 2.00 bits per heavy atom. The van der Waals surface area contributed by atoms with Crippen molar-refractivity contribution in [3.05, 3.63) is 33.9 Å². The highest BCUT2D eigenvalue weighted by Crippen LogP contribution is 2.29. The van der Waals surface area contributed by atoms with Gasteiger partial charge >= 0.3 is 5.69 Å². The average Bonchev–Trinajstić information content (AvgIpc) is 2.39. The Morgan fingerprint density at radius 1 is 1.40 bits per heavy atom. The minimum atomic E-state index is -0.712. The summed E-state index contributed by atoms with van der Waals surface area (Å²) in [4.78, 5) is 22.1. The van der Waals surface area contributed by atoms with E-state index in [4.69, 9.17) is 0 Å². The second-order valence-corrected chi connectivity index (χ2v) is 4.77. The van der Waals surface area contributed by atoms with Crippen molar-refractivity contribution in [2.45, 2.75) is 39.7 Å². The van der Waals surface area contributed by atoms with Crippen LogP contribution >= 0.6 is 0 Å². The minimum absolute atomic E-state index is 0.0591. The fraction of sp³-hybridized carbons (Fsp3) is 0.500. The summed E-state index contributed by atoms with van der Waals surface area (Å²) in [6.07, 6.45) is 1.86. The molecule has 0 aliphatic heterocycles. The van der Waals surface area contributed by atoms with Crippen molar-refractivity contribution < 1.29 is 14.8 Å². The maximum absolute atomic E-state index is 12.1. The Hall–Kier alpha value is -2.11. The smallest absolute Gasteiger partial charge is 0.311 e. The number of phenols is 1. The molecule has 1 unspecified atom stereocenters. The van der Waals surface area contributed by atoms with Crippen LogP contribution in [0.5, 0.6) is 5.75 Å². The van der Waals surface area contributed by atoms with Crippen LogP contribution in [0, 0.1) is 16.0 Å². The molecule has 0 saturated carbocycles. The lowest BCUT2D eigenvalue weighted by molar-refractivity contribution is -0.385. The molecule has 0 aromatic heterocycles. The summed E-state index contributed by atoms with van der Waals surface area (Å²) in [5.74, 6) is -0.753. The number of nitrogens with one attached hydrogen (secondary N) is 1. The molecule has 1 aromatic carbocycles. The maximum atomic E-state index is 12.1. The minimum Gasteiger partial charge on any atom is -0.502 e. The number of para-hydroxylation sites is 1. The zero-order chi connectivity index (χ0) is 15.3. The van der Waals surface area contributed by atoms with Gasteiger partial charge in [-0.3, -0.25) is 14.9 Å². The van der Waals surface area contributed by atoms with Crippen LogP contribution in [0.2, 0.25) is 0 Å². The Balaban J connectivity index is 2.93. The van der Waals surface area contributed by atoms with Crippen molar-refractivity contribution in [2.75, 3.05) is 0 Å². The van der Waals surface area contributed by atoms with Gasteiger partial charge in [0.25, 0.3) is 5.91 Å². The highest BCUT2D eigenvalue weighted by atomic mass is 16.6. The molecule has 2 N–H and O–H groups in total. The van der Waals surface area contributed by atoms with Crippen molar-refractivity contribution in [1.29, 1.82) is 0 Å². The number of amides is 1. The second kappa shape index (κ2) is 6.88. The fourth-order valence-corrected chi connectivity index (χ4v) is 2.26. The molecule has 1 aromatic rings. The van der Waals surface area contributed by atoms with E-state index in [2.05, 4.69) is 5.32 Å². The molecule has 0 heterocycles. The van der Waals surface area contributed by atoms with Crippen LogP contribution in [0.1, 0.15) is 44.0 Å². The first-order valence-corrected chi connectivity index (χ1v) is 6.69. The number of aromatic hydroxyl groups is 1. The molecule has 1 amide bonds. The van der Waals surface area contributed by atoms with Gasteiger partial charge in [-0.05, 0) is 18.9 Å². The molecule has 0 saturated heterocycles. The lowest BCUT2D eigenvalue weighted by Crippen LogP contribution is -2.37. The summed E-state index contributed by atoms with van der Waals surface area (Å²) >= 11 is 0. The van der Waals surface area contributed by atoms with Crippen molar-refractivity contribution in [1.82, 2.24) is 5.32 Å². The number of hydrogen-bond donors (Lipinski definition) is 2. The van der Waals surface area contributed by atoms with Gasteiger partial charge in [0.15, 0.2) is 0 Å². The number of rotatable bonds is 6. The Labute approximate surface area is 118 Å². The third-order valence-electron chi connectivity index (χ3n) is 3.57. The Bertz CT molecular complexity index is 498. The van der Waals surface area contributed by atoms with E-state index in [9.17, 15) is 20.0 Å². The highest BCUT2D eigenvalue weighted by molar-refractivity contribution is 5.98. The molecule has 0 spiro atoms. The molecule has 0 radical (unpaired) electrons. The van der Waals surface area contributed by atoms with Gasteiger partial charge < -0.3 is 10.4 Å². The van der Waals surface area contributed by atoms with Gasteiger partial charge in [-0.1, -0.05) is 32.8 Å². The fourth-order valence-electron chi connectivity index (χ4n) is 2.26. The number of carbonyl (C=O) groups excluding carboxylic acids is 1. The average molecular weight is 280 g/mol. The van der Waals surface area contributed by atoms with E-state index in [1.165, 1.54) is 12.1 Å². The van der Waals surface area contributed by atoms with Crippen molar-refractivity contribution in [2.24, 2.45) is 5.92 Å². The molecular formula is C14H20N2O4. The van der Waals surface area contributed by atoms with Crippen molar-refractivity contribution >= 4 is 11.6 Å². The van der Waals surface area contributed by atoms with E-state index in [1.54, 1.807) is 0 Å². The molecular weight excluding hydrogens is 260 g/mol. The molecule has 6 heteroatoms. The second-order valence-electron chi connectivity index (χ2n) is 4.77. The van der Waals surface area contributed by atoms with E-state index in [0.717, 1.165) is 18.9 Å². The Kier molecular flexibility index (Phi) is 5.49. The van der Waals surface area contributed by atoms with Crippen LogP contribution < -0.4 is 5.32 Å². The van der Waals surface area contributed by atoms with Crippen LogP contribution in [0.4, 0.5) is 5.69 Å². The van der Waals surface area contributed by atoms with E-state index in [-0.39, 0.29) is 11.6 Å². The summed E-state index contributed by atoms with van der Waals surface area (Å²) in [5, 5.41) is 23.3. The first-order valence-electron chi connectivity index (χ1n) is 6.69. The van der Waals surface area contributed by atoms with Crippen molar-refractivity contribution in [3.63, 3.8) is 0 Å². The van der Waals surface area contributed by atoms with Gasteiger partial charge in [-0.25, -0.2) is 0 Å². The number of nitro benzene ring substituents is 1. The third kappa shape index (κ3) is 3.46. The zero-order valence-electron chi connectivity index (χ0n) is 11.9. The van der Waals surface area contributed by atoms with Crippen LogP contribution in [0.15, 0.2) is 18.2 Å². The van der Waals surface area contributed by atoms with Crippen LogP contribution in [-0.4, -0.2) is 22.0 Å². The van der Waals surface area contributed by atoms with Crippen molar-refractivity contribution in [3.8, 4) is 5.75 Å². The molecule has 1 atom stereocenters. The molecule has 0 bridgehead atoms. The summed E-state index contributed by atoms with van der Waals surface area (Å²) < 4.78 is 0. The first-order chi connectivity index (χ1) is 9.42. The Morgan fingerprint density at radius 3 is 2.50 bits per heavy atom. The SMILES string of the molecule is CCC(CC)C(C)NC(=O)c1cccc([N+](=O)[O-])c1O. The number of carbonyl (C=O) groups is 1. The van der Waals surface area contributed by atoms with Gasteiger partial charge in [-0.15, -0.1) is 0 Å². The number of phenolic OH excluding ortho intramolecular Hbond substituents is 1. The predicted molar refractivity (Wildman–Crippen MR) is 75.8 cm³/mol. The lowest BCUT2D eigenvalue weighted by Gasteiger charge is -2.22. The number of nitro groups is 1. The summed E-state index contributed by atoms with van der Waals surface area (Å²) in [6.45, 7) is 5.98. The largest absolute Gasteiger partial charge is 0.502 e. The van der Waals surface area contributed by atoms with Crippen LogP contribution in [0.3, 0.4) is 0 Å². The third-order valence-corrected chi connectivity index (χ3v) is 3.57. The molecule has 0 aliphatic rings. The summed E-state index contributed by atoms with van der Waals surface area (Å²) in [6, 6.07) is 3.86. The van der Waals surface area contributed by atoms with Gasteiger partial charge in [-0.2, -0.15) is 0 Å². The van der Waals surface area contributed by atoms with E-state index < -0.39 is 22.3 Å². The monoisotopic (exact) mass is 280 g/mol. The van der Waals surface area contributed by atoms with Crippen LogP contribution in [0.25, 0.3) is 0 Å². The van der Waals surface area contributed by atoms with Gasteiger partial charge in [0.2, 0.25) is 5.75 Å². The molecule has 0 fully saturated rings. The number of nitrogens with zero attached hydrogens (tertiary/aromatic N) is 1. The molecule has 6 nitrogen and oxygen atoms in total. The molecule has 1 rings (SSSR count). The van der Waals surface area contributed by atoms with Gasteiger partial charge in [0.05, 0.1) is 10.5 Å². The molecule has 0 aliphatic carbocycles. The molecule has 110 valence electrons. The first kappa shape index (κ1) is 15.9. The number of benzene rings is 1. The van der Waals surface area contributed by atoms with E-state index >= 15 is 0 Å². The van der Waals surface area contributed by atoms with E-state index in [1.807, 2.05) is 20.8 Å². The molecule has 20 heavy (non-hydrogen) atoms.